The fourth-order valence-corrected chi connectivity index (χ4v) is 2.70. The molecule has 0 radical (unpaired) electrons. The monoisotopic (exact) mass is 297 g/mol. The summed E-state index contributed by atoms with van der Waals surface area (Å²) >= 11 is 0. The smallest absolute Gasteiger partial charge is 0.417 e. The van der Waals surface area contributed by atoms with Gasteiger partial charge in [-0.15, -0.1) is 0 Å². The number of carboxylic acids is 1. The second kappa shape index (κ2) is 5.17. The molecule has 106 valence electrons. The molecule has 0 aliphatic carbocycles. The molecular weight excluding hydrogens is 287 g/mol. The molecule has 0 amide bonds. The summed E-state index contributed by atoms with van der Waals surface area (Å²) < 4.78 is 62.3. The molecule has 0 spiro atoms. The predicted molar refractivity (Wildman–Crippen MR) is 58.9 cm³/mol. The summed E-state index contributed by atoms with van der Waals surface area (Å²) in [5, 5.41) is 8.49. The highest BCUT2D eigenvalue weighted by Gasteiger charge is 2.38. The molecule has 0 heterocycles. The molecule has 0 saturated carbocycles. The number of likely N-dealkylation sites (N-methyl/N-ethyl adjacent to an activating group) is 1. The Morgan fingerprint density at radius 1 is 1.32 bits per heavy atom. The molecule has 0 saturated heterocycles. The standard InChI is InChI=1S/C10H10F3NO4S/c1-14(6-9(15)16)19(17,18)8-5-3-2-4-7(8)10(11,12)13/h2-5H,6H2,1H3,(H,15,16). The molecule has 0 aliphatic rings. The van der Waals surface area contributed by atoms with Crippen molar-refractivity contribution in [3.05, 3.63) is 29.8 Å². The lowest BCUT2D eigenvalue weighted by atomic mass is 10.2. The molecule has 1 aromatic rings. The van der Waals surface area contributed by atoms with Gasteiger partial charge in [-0.2, -0.15) is 17.5 Å². The van der Waals surface area contributed by atoms with Gasteiger partial charge in [0, 0.05) is 7.05 Å². The summed E-state index contributed by atoms with van der Waals surface area (Å²) in [6.45, 7) is -0.922. The van der Waals surface area contributed by atoms with Crippen LogP contribution in [0.25, 0.3) is 0 Å². The lowest BCUT2D eigenvalue weighted by Crippen LogP contribution is -2.33. The Morgan fingerprint density at radius 2 is 1.84 bits per heavy atom. The quantitative estimate of drug-likeness (QED) is 0.912. The van der Waals surface area contributed by atoms with E-state index < -0.39 is 39.2 Å². The van der Waals surface area contributed by atoms with Crippen LogP contribution in [0, 0.1) is 0 Å². The first kappa shape index (κ1) is 15.4. The van der Waals surface area contributed by atoms with E-state index in [9.17, 15) is 26.4 Å². The number of hydrogen-bond donors (Lipinski definition) is 1. The third-order valence-corrected chi connectivity index (χ3v) is 4.10. The Hall–Kier alpha value is -1.61. The number of rotatable bonds is 4. The van der Waals surface area contributed by atoms with Gasteiger partial charge in [0.25, 0.3) is 0 Å². The lowest BCUT2D eigenvalue weighted by molar-refractivity contribution is -0.140. The minimum Gasteiger partial charge on any atom is -0.480 e. The van der Waals surface area contributed by atoms with Crippen LogP contribution in [0.4, 0.5) is 13.2 Å². The van der Waals surface area contributed by atoms with Crippen LogP contribution in [-0.4, -0.2) is 37.4 Å². The van der Waals surface area contributed by atoms with E-state index >= 15 is 0 Å². The maximum atomic E-state index is 12.7. The van der Waals surface area contributed by atoms with E-state index in [1.54, 1.807) is 0 Å². The van der Waals surface area contributed by atoms with Gasteiger partial charge in [0.15, 0.2) is 0 Å². The molecule has 0 unspecified atom stereocenters. The summed E-state index contributed by atoms with van der Waals surface area (Å²) in [7, 11) is -3.62. The minimum absolute atomic E-state index is 0.347. The first-order chi connectivity index (χ1) is 8.56. The molecule has 19 heavy (non-hydrogen) atoms. The average Bonchev–Trinajstić information content (AvgIpc) is 2.27. The van der Waals surface area contributed by atoms with Crippen molar-refractivity contribution < 1.29 is 31.5 Å². The van der Waals surface area contributed by atoms with Gasteiger partial charge < -0.3 is 5.11 Å². The van der Waals surface area contributed by atoms with Crippen LogP contribution >= 0.6 is 0 Å². The van der Waals surface area contributed by atoms with Crippen LogP contribution in [-0.2, 0) is 21.0 Å². The van der Waals surface area contributed by atoms with Crippen LogP contribution in [0.5, 0.6) is 0 Å². The van der Waals surface area contributed by atoms with E-state index in [1.165, 1.54) is 0 Å². The van der Waals surface area contributed by atoms with Gasteiger partial charge >= 0.3 is 12.1 Å². The fraction of sp³-hybridized carbons (Fsp3) is 0.300. The van der Waals surface area contributed by atoms with Crippen LogP contribution in [0.3, 0.4) is 0 Å². The first-order valence-electron chi connectivity index (χ1n) is 4.91. The summed E-state index contributed by atoms with van der Waals surface area (Å²) in [4.78, 5) is 9.47. The molecule has 1 rings (SSSR count). The topological polar surface area (TPSA) is 74.7 Å². The number of alkyl halides is 3. The van der Waals surface area contributed by atoms with Crippen molar-refractivity contribution in [3.8, 4) is 0 Å². The van der Waals surface area contributed by atoms with E-state index in [1.807, 2.05) is 0 Å². The van der Waals surface area contributed by atoms with Gasteiger partial charge in [-0.3, -0.25) is 4.79 Å². The Balaban J connectivity index is 3.34. The number of benzene rings is 1. The molecule has 1 aromatic carbocycles. The van der Waals surface area contributed by atoms with Gasteiger partial charge in [0.1, 0.15) is 6.54 Å². The predicted octanol–water partition coefficient (Wildman–Crippen LogP) is 1.41. The maximum Gasteiger partial charge on any atom is 0.417 e. The Labute approximate surface area is 107 Å². The highest BCUT2D eigenvalue weighted by molar-refractivity contribution is 7.89. The second-order valence-corrected chi connectivity index (χ2v) is 5.66. The van der Waals surface area contributed by atoms with Crippen molar-refractivity contribution in [3.63, 3.8) is 0 Å². The highest BCUT2D eigenvalue weighted by Crippen LogP contribution is 2.34. The Morgan fingerprint density at radius 3 is 2.32 bits per heavy atom. The zero-order valence-electron chi connectivity index (χ0n) is 9.68. The summed E-state index contributed by atoms with van der Waals surface area (Å²) in [5.41, 5.74) is -1.33. The van der Waals surface area contributed by atoms with Crippen LogP contribution in [0.2, 0.25) is 0 Å². The molecule has 5 nitrogen and oxygen atoms in total. The summed E-state index contributed by atoms with van der Waals surface area (Å²) in [6, 6.07) is 3.60. The number of sulfonamides is 1. The summed E-state index contributed by atoms with van der Waals surface area (Å²) in [5.74, 6) is -1.46. The largest absolute Gasteiger partial charge is 0.480 e. The average molecular weight is 297 g/mol. The van der Waals surface area contributed by atoms with E-state index in [2.05, 4.69) is 0 Å². The molecule has 0 aliphatic heterocycles. The number of nitrogens with zero attached hydrogens (tertiary/aromatic N) is 1. The molecule has 0 atom stereocenters. The van der Waals surface area contributed by atoms with Gasteiger partial charge in [0.05, 0.1) is 10.5 Å². The van der Waals surface area contributed by atoms with Crippen molar-refractivity contribution >= 4 is 16.0 Å². The van der Waals surface area contributed by atoms with Gasteiger partial charge in [-0.05, 0) is 12.1 Å². The van der Waals surface area contributed by atoms with Crippen molar-refractivity contribution in [1.82, 2.24) is 4.31 Å². The molecule has 0 fully saturated rings. The number of halogens is 3. The van der Waals surface area contributed by atoms with Crippen molar-refractivity contribution in [2.45, 2.75) is 11.1 Å². The van der Waals surface area contributed by atoms with Gasteiger partial charge in [0.2, 0.25) is 10.0 Å². The Bertz CT molecular complexity index is 583. The third-order valence-electron chi connectivity index (χ3n) is 2.24. The van der Waals surface area contributed by atoms with Crippen LogP contribution < -0.4 is 0 Å². The van der Waals surface area contributed by atoms with E-state index in [0.717, 1.165) is 25.2 Å². The first-order valence-corrected chi connectivity index (χ1v) is 6.35. The molecular formula is C10H10F3NO4S. The number of carbonyl (C=O) groups is 1. The Kier molecular flexibility index (Phi) is 4.21. The maximum absolute atomic E-state index is 12.7. The summed E-state index contributed by atoms with van der Waals surface area (Å²) in [6.07, 6.45) is -4.84. The van der Waals surface area contributed by atoms with Crippen LogP contribution in [0.15, 0.2) is 29.2 Å². The zero-order valence-corrected chi connectivity index (χ0v) is 10.5. The van der Waals surface area contributed by atoms with Crippen LogP contribution in [0.1, 0.15) is 5.56 Å². The SMILES string of the molecule is CN(CC(=O)O)S(=O)(=O)c1ccccc1C(F)(F)F. The number of hydrogen-bond acceptors (Lipinski definition) is 3. The minimum atomic E-state index is -4.84. The normalized spacial score (nSPS) is 12.7. The third kappa shape index (κ3) is 3.44. The molecule has 1 N–H and O–H groups in total. The molecule has 0 aromatic heterocycles. The lowest BCUT2D eigenvalue weighted by Gasteiger charge is -2.18. The number of aliphatic carboxylic acids is 1. The second-order valence-electron chi connectivity index (χ2n) is 3.65. The number of carboxylic acid groups (broad SMARTS) is 1. The van der Waals surface area contributed by atoms with Gasteiger partial charge in [-0.1, -0.05) is 12.1 Å². The van der Waals surface area contributed by atoms with E-state index in [-0.39, 0.29) is 0 Å². The van der Waals surface area contributed by atoms with Crippen molar-refractivity contribution in [2.24, 2.45) is 0 Å². The highest BCUT2D eigenvalue weighted by atomic mass is 32.2. The van der Waals surface area contributed by atoms with Crippen molar-refractivity contribution in [1.29, 1.82) is 0 Å². The molecule has 0 bridgehead atoms. The van der Waals surface area contributed by atoms with Crippen molar-refractivity contribution in [2.75, 3.05) is 13.6 Å². The van der Waals surface area contributed by atoms with E-state index in [0.29, 0.717) is 10.4 Å². The van der Waals surface area contributed by atoms with E-state index in [4.69, 9.17) is 5.11 Å². The zero-order chi connectivity index (χ0) is 14.8. The fourth-order valence-electron chi connectivity index (χ4n) is 1.37. The molecule has 9 heteroatoms. The van der Waals surface area contributed by atoms with Gasteiger partial charge in [-0.25, -0.2) is 8.42 Å².